The summed E-state index contributed by atoms with van der Waals surface area (Å²) in [6.07, 6.45) is -0.130. The minimum absolute atomic E-state index is 0.0662. The number of benzene rings is 2. The topological polar surface area (TPSA) is 29.3 Å². The number of halogens is 1. The van der Waals surface area contributed by atoms with Crippen molar-refractivity contribution >= 4 is 0 Å². The van der Waals surface area contributed by atoms with E-state index >= 15 is 0 Å². The zero-order chi connectivity index (χ0) is 16.6. The lowest BCUT2D eigenvalue weighted by atomic mass is 9.91. The number of nitrogens with zero attached hydrogens (tertiary/aromatic N) is 1. The first-order valence-corrected chi connectivity index (χ1v) is 8.23. The molecule has 0 amide bonds. The second-order valence-electron chi connectivity index (χ2n) is 6.76. The van der Waals surface area contributed by atoms with E-state index in [0.717, 1.165) is 6.42 Å². The van der Waals surface area contributed by atoms with Crippen LogP contribution in [0.5, 0.6) is 0 Å². The van der Waals surface area contributed by atoms with Crippen molar-refractivity contribution in [1.82, 2.24) is 4.90 Å². The van der Waals surface area contributed by atoms with Crippen molar-refractivity contribution in [1.29, 1.82) is 0 Å². The molecule has 0 aliphatic carbocycles. The summed E-state index contributed by atoms with van der Waals surface area (Å²) in [7, 11) is 1.96. The van der Waals surface area contributed by atoms with Gasteiger partial charge in [0, 0.05) is 12.6 Å². The fraction of sp³-hybridized carbons (Fsp3) is 0.400. The summed E-state index contributed by atoms with van der Waals surface area (Å²) in [6, 6.07) is 14.6. The Balaban J connectivity index is 1.91. The Labute approximate surface area is 138 Å². The lowest BCUT2D eigenvalue weighted by Gasteiger charge is -2.24. The molecule has 0 radical (unpaired) electrons. The smallest absolute Gasteiger partial charge is 0.129 e. The van der Waals surface area contributed by atoms with Crippen molar-refractivity contribution in [3.63, 3.8) is 0 Å². The van der Waals surface area contributed by atoms with Crippen molar-refractivity contribution in [3.8, 4) is 11.1 Å². The number of nitrogens with two attached hydrogens (primary N) is 1. The molecular formula is C20H25FN2. The van der Waals surface area contributed by atoms with Crippen molar-refractivity contribution in [2.75, 3.05) is 13.6 Å². The first-order valence-electron chi connectivity index (χ1n) is 8.23. The quantitative estimate of drug-likeness (QED) is 0.940. The van der Waals surface area contributed by atoms with Gasteiger partial charge in [-0.3, -0.25) is 4.90 Å². The maximum atomic E-state index is 13.8. The van der Waals surface area contributed by atoms with Crippen molar-refractivity contribution in [2.24, 2.45) is 5.73 Å². The van der Waals surface area contributed by atoms with Gasteiger partial charge in [-0.1, -0.05) is 48.0 Å². The Hall–Kier alpha value is -1.71. The zero-order valence-electron chi connectivity index (χ0n) is 14.1. The van der Waals surface area contributed by atoms with Gasteiger partial charge in [-0.05, 0) is 49.6 Å². The van der Waals surface area contributed by atoms with Gasteiger partial charge in [-0.2, -0.15) is 0 Å². The number of likely N-dealkylation sites (tertiary alicyclic amines) is 1. The zero-order valence-corrected chi connectivity index (χ0v) is 14.1. The average molecular weight is 312 g/mol. The van der Waals surface area contributed by atoms with Crippen LogP contribution >= 0.6 is 0 Å². The molecule has 0 bridgehead atoms. The minimum atomic E-state index is -0.926. The Morgan fingerprint density at radius 3 is 2.57 bits per heavy atom. The first-order chi connectivity index (χ1) is 11.0. The maximum absolute atomic E-state index is 13.8. The minimum Gasteiger partial charge on any atom is -0.324 e. The molecule has 3 unspecified atom stereocenters. The molecule has 2 aromatic carbocycles. The third-order valence-corrected chi connectivity index (χ3v) is 5.09. The van der Waals surface area contributed by atoms with E-state index in [1.54, 1.807) is 0 Å². The first kappa shape index (κ1) is 16.2. The molecule has 2 aromatic rings. The van der Waals surface area contributed by atoms with Gasteiger partial charge in [0.1, 0.15) is 6.17 Å². The Morgan fingerprint density at radius 1 is 1.17 bits per heavy atom. The molecule has 1 heterocycles. The molecule has 1 saturated heterocycles. The second-order valence-corrected chi connectivity index (χ2v) is 6.76. The number of rotatable bonds is 3. The van der Waals surface area contributed by atoms with Gasteiger partial charge < -0.3 is 5.73 Å². The third-order valence-electron chi connectivity index (χ3n) is 5.09. The molecule has 3 atom stereocenters. The van der Waals surface area contributed by atoms with Crippen LogP contribution in [0.3, 0.4) is 0 Å². The van der Waals surface area contributed by atoms with Crippen molar-refractivity contribution in [2.45, 2.75) is 38.5 Å². The number of hydrogen-bond acceptors (Lipinski definition) is 2. The van der Waals surface area contributed by atoms with Crippen LogP contribution in [0, 0.1) is 13.8 Å². The maximum Gasteiger partial charge on any atom is 0.129 e. The summed E-state index contributed by atoms with van der Waals surface area (Å²) in [6.45, 7) is 4.69. The highest BCUT2D eigenvalue weighted by Gasteiger charge is 2.37. The molecule has 0 saturated carbocycles. The fourth-order valence-corrected chi connectivity index (χ4v) is 3.61. The van der Waals surface area contributed by atoms with E-state index in [1.165, 1.54) is 27.8 Å². The lowest BCUT2D eigenvalue weighted by molar-refractivity contribution is 0.292. The Kier molecular flexibility index (Phi) is 4.51. The largest absolute Gasteiger partial charge is 0.324 e. The van der Waals surface area contributed by atoms with Crippen LogP contribution in [0.25, 0.3) is 11.1 Å². The molecule has 1 fully saturated rings. The highest BCUT2D eigenvalue weighted by Crippen LogP contribution is 2.29. The van der Waals surface area contributed by atoms with Crippen LogP contribution in [0.4, 0.5) is 4.39 Å². The Morgan fingerprint density at radius 2 is 1.91 bits per heavy atom. The number of hydrogen-bond donors (Lipinski definition) is 1. The molecular weight excluding hydrogens is 287 g/mol. The molecule has 3 rings (SSSR count). The molecule has 122 valence electrons. The van der Waals surface area contributed by atoms with Crippen LogP contribution < -0.4 is 5.73 Å². The number of likely N-dealkylation sites (N-methyl/N-ethyl adjacent to an activating group) is 1. The SMILES string of the molecule is Cc1cccc(-c2cccc(CC3C(N)C(F)CN3C)c2C)c1. The molecule has 1 aliphatic rings. The van der Waals surface area contributed by atoms with E-state index in [1.807, 2.05) is 11.9 Å². The summed E-state index contributed by atoms with van der Waals surface area (Å²) in [4.78, 5) is 2.05. The van der Waals surface area contributed by atoms with Crippen LogP contribution in [-0.4, -0.2) is 36.7 Å². The predicted molar refractivity (Wildman–Crippen MR) is 94.3 cm³/mol. The van der Waals surface area contributed by atoms with E-state index in [-0.39, 0.29) is 6.04 Å². The second kappa shape index (κ2) is 6.42. The summed E-state index contributed by atoms with van der Waals surface area (Å²) >= 11 is 0. The fourth-order valence-electron chi connectivity index (χ4n) is 3.61. The summed E-state index contributed by atoms with van der Waals surface area (Å²) in [5, 5.41) is 0. The summed E-state index contributed by atoms with van der Waals surface area (Å²) < 4.78 is 13.8. The molecule has 23 heavy (non-hydrogen) atoms. The highest BCUT2D eigenvalue weighted by molar-refractivity contribution is 5.69. The van der Waals surface area contributed by atoms with Crippen LogP contribution in [-0.2, 0) is 6.42 Å². The monoisotopic (exact) mass is 312 g/mol. The Bertz CT molecular complexity index is 698. The van der Waals surface area contributed by atoms with Gasteiger partial charge in [-0.25, -0.2) is 4.39 Å². The predicted octanol–water partition coefficient (Wildman–Crippen LogP) is 3.49. The number of aryl methyl sites for hydroxylation is 1. The lowest BCUT2D eigenvalue weighted by Crippen LogP contribution is -2.41. The van der Waals surface area contributed by atoms with Gasteiger partial charge in [-0.15, -0.1) is 0 Å². The molecule has 2 N–H and O–H groups in total. The van der Waals surface area contributed by atoms with Gasteiger partial charge in [0.25, 0.3) is 0 Å². The molecule has 1 aliphatic heterocycles. The van der Waals surface area contributed by atoms with E-state index in [2.05, 4.69) is 56.3 Å². The van der Waals surface area contributed by atoms with Crippen molar-refractivity contribution < 1.29 is 4.39 Å². The summed E-state index contributed by atoms with van der Waals surface area (Å²) in [5.41, 5.74) is 12.3. The van der Waals surface area contributed by atoms with Gasteiger partial charge in [0.05, 0.1) is 6.04 Å². The van der Waals surface area contributed by atoms with Gasteiger partial charge >= 0.3 is 0 Å². The van der Waals surface area contributed by atoms with E-state index in [0.29, 0.717) is 6.54 Å². The molecule has 2 nitrogen and oxygen atoms in total. The number of alkyl halides is 1. The normalized spacial score (nSPS) is 25.0. The van der Waals surface area contributed by atoms with Crippen LogP contribution in [0.1, 0.15) is 16.7 Å². The van der Waals surface area contributed by atoms with Crippen LogP contribution in [0.15, 0.2) is 42.5 Å². The van der Waals surface area contributed by atoms with Gasteiger partial charge in [0.15, 0.2) is 0 Å². The summed E-state index contributed by atoms with van der Waals surface area (Å²) in [5.74, 6) is 0. The third kappa shape index (κ3) is 3.17. The molecule has 0 aromatic heterocycles. The van der Waals surface area contributed by atoms with Crippen molar-refractivity contribution in [3.05, 3.63) is 59.2 Å². The highest BCUT2D eigenvalue weighted by atomic mass is 19.1. The van der Waals surface area contributed by atoms with E-state index in [4.69, 9.17) is 5.73 Å². The van der Waals surface area contributed by atoms with E-state index in [9.17, 15) is 4.39 Å². The molecule has 3 heteroatoms. The molecule has 0 spiro atoms. The average Bonchev–Trinajstić information content (AvgIpc) is 2.75. The van der Waals surface area contributed by atoms with E-state index < -0.39 is 12.2 Å². The standard InChI is InChI=1S/C20H25FN2/c1-13-6-4-8-16(10-13)17-9-5-7-15(14(17)2)11-19-20(22)18(21)12-23(19)3/h4-10,18-20H,11-12,22H2,1-3H3. The van der Waals surface area contributed by atoms with Gasteiger partial charge in [0.2, 0.25) is 0 Å². The van der Waals surface area contributed by atoms with Crippen LogP contribution in [0.2, 0.25) is 0 Å².